The van der Waals surface area contributed by atoms with E-state index >= 15 is 0 Å². The fourth-order valence-electron chi connectivity index (χ4n) is 1.34. The van der Waals surface area contributed by atoms with Gasteiger partial charge < -0.3 is 10.7 Å². The third-order valence-corrected chi connectivity index (χ3v) is 2.16. The van der Waals surface area contributed by atoms with Gasteiger partial charge in [0.15, 0.2) is 0 Å². The summed E-state index contributed by atoms with van der Waals surface area (Å²) in [6, 6.07) is 2.25. The number of aromatic nitrogens is 2. The molecule has 0 amide bonds. The summed E-state index contributed by atoms with van der Waals surface area (Å²) in [4.78, 5) is 6.64. The second kappa shape index (κ2) is 3.23. The van der Waals surface area contributed by atoms with Crippen molar-refractivity contribution in [2.75, 3.05) is 0 Å². The number of hydrogen-bond donors (Lipinski definition) is 2. The standard InChI is InChI=1S/C9H8F3N3/c10-9(11,12)8(13)5-1-2-6-7(3-5)15-4-14-6/h1-4,8H,13H2,(H,14,15). The maximum Gasteiger partial charge on any atom is 0.407 e. The Morgan fingerprint density at radius 2 is 2.07 bits per heavy atom. The van der Waals surface area contributed by atoms with E-state index in [-0.39, 0.29) is 5.56 Å². The average molecular weight is 215 g/mol. The van der Waals surface area contributed by atoms with E-state index in [0.29, 0.717) is 11.0 Å². The smallest absolute Gasteiger partial charge is 0.345 e. The van der Waals surface area contributed by atoms with Crippen LogP contribution >= 0.6 is 0 Å². The molecule has 0 aliphatic carbocycles. The highest BCUT2D eigenvalue weighted by Crippen LogP contribution is 2.31. The average Bonchev–Trinajstić information content (AvgIpc) is 2.61. The van der Waals surface area contributed by atoms with Crippen molar-refractivity contribution in [3.63, 3.8) is 0 Å². The molecule has 2 aromatic rings. The van der Waals surface area contributed by atoms with Crippen LogP contribution in [0.15, 0.2) is 24.5 Å². The van der Waals surface area contributed by atoms with Gasteiger partial charge >= 0.3 is 6.18 Å². The zero-order chi connectivity index (χ0) is 11.1. The molecule has 3 nitrogen and oxygen atoms in total. The summed E-state index contributed by atoms with van der Waals surface area (Å²) in [7, 11) is 0. The first-order valence-electron chi connectivity index (χ1n) is 4.24. The minimum atomic E-state index is -4.42. The number of alkyl halides is 3. The second-order valence-electron chi connectivity index (χ2n) is 3.20. The van der Waals surface area contributed by atoms with Crippen LogP contribution in [0, 0.1) is 0 Å². The fourth-order valence-corrected chi connectivity index (χ4v) is 1.34. The third-order valence-electron chi connectivity index (χ3n) is 2.16. The first-order chi connectivity index (χ1) is 6.98. The van der Waals surface area contributed by atoms with E-state index in [1.165, 1.54) is 24.5 Å². The van der Waals surface area contributed by atoms with Gasteiger partial charge in [-0.3, -0.25) is 0 Å². The molecule has 80 valence electrons. The zero-order valence-electron chi connectivity index (χ0n) is 7.55. The first kappa shape index (κ1) is 9.97. The van der Waals surface area contributed by atoms with E-state index < -0.39 is 12.2 Å². The number of nitrogens with zero attached hydrogens (tertiary/aromatic N) is 1. The number of fused-ring (bicyclic) bond motifs is 1. The lowest BCUT2D eigenvalue weighted by Gasteiger charge is -2.15. The van der Waals surface area contributed by atoms with E-state index in [9.17, 15) is 13.2 Å². The molecule has 0 radical (unpaired) electrons. The van der Waals surface area contributed by atoms with Crippen molar-refractivity contribution in [3.05, 3.63) is 30.1 Å². The summed E-state index contributed by atoms with van der Waals surface area (Å²) in [6.45, 7) is 0. The Hall–Kier alpha value is -1.56. The van der Waals surface area contributed by atoms with Crippen LogP contribution in [-0.4, -0.2) is 16.1 Å². The first-order valence-corrected chi connectivity index (χ1v) is 4.24. The number of aromatic amines is 1. The van der Waals surface area contributed by atoms with Gasteiger partial charge in [0, 0.05) is 0 Å². The van der Waals surface area contributed by atoms with Gasteiger partial charge in [0.1, 0.15) is 6.04 Å². The molecule has 1 aromatic heterocycles. The Labute approximate surface area is 83.1 Å². The molecule has 1 heterocycles. The van der Waals surface area contributed by atoms with Gasteiger partial charge in [-0.25, -0.2) is 4.98 Å². The van der Waals surface area contributed by atoms with Crippen molar-refractivity contribution in [2.24, 2.45) is 5.73 Å². The topological polar surface area (TPSA) is 54.7 Å². The van der Waals surface area contributed by atoms with Gasteiger partial charge in [0.2, 0.25) is 0 Å². The van der Waals surface area contributed by atoms with E-state index in [2.05, 4.69) is 9.97 Å². The molecular weight excluding hydrogens is 207 g/mol. The number of nitrogens with two attached hydrogens (primary N) is 1. The summed E-state index contributed by atoms with van der Waals surface area (Å²) < 4.78 is 36.9. The lowest BCUT2D eigenvalue weighted by Crippen LogP contribution is -2.28. The molecular formula is C9H8F3N3. The normalized spacial score (nSPS) is 14.4. The fraction of sp³-hybridized carbons (Fsp3) is 0.222. The Morgan fingerprint density at radius 1 is 1.33 bits per heavy atom. The number of nitrogens with one attached hydrogen (secondary N) is 1. The van der Waals surface area contributed by atoms with Gasteiger partial charge in [-0.15, -0.1) is 0 Å². The van der Waals surface area contributed by atoms with E-state index in [0.717, 1.165) is 0 Å². The van der Waals surface area contributed by atoms with Crippen LogP contribution in [0.5, 0.6) is 0 Å². The van der Waals surface area contributed by atoms with Crippen LogP contribution in [0.4, 0.5) is 13.2 Å². The molecule has 0 aliphatic heterocycles. The van der Waals surface area contributed by atoms with Gasteiger partial charge in [-0.1, -0.05) is 6.07 Å². The number of halogens is 3. The van der Waals surface area contributed by atoms with E-state index in [1.54, 1.807) is 0 Å². The third kappa shape index (κ3) is 1.80. The lowest BCUT2D eigenvalue weighted by atomic mass is 10.1. The SMILES string of the molecule is NC(c1ccc2nc[nH]c2c1)C(F)(F)F. The molecule has 3 N–H and O–H groups in total. The van der Waals surface area contributed by atoms with Crippen molar-refractivity contribution in [2.45, 2.75) is 12.2 Å². The second-order valence-corrected chi connectivity index (χ2v) is 3.20. The highest BCUT2D eigenvalue weighted by atomic mass is 19.4. The Balaban J connectivity index is 2.44. The van der Waals surface area contributed by atoms with Gasteiger partial charge in [-0.05, 0) is 17.7 Å². The van der Waals surface area contributed by atoms with Gasteiger partial charge in [-0.2, -0.15) is 13.2 Å². The number of hydrogen-bond acceptors (Lipinski definition) is 2. The van der Waals surface area contributed by atoms with E-state index in [1.807, 2.05) is 0 Å². The number of H-pyrrole nitrogens is 1. The summed E-state index contributed by atoms with van der Waals surface area (Å²) in [5.74, 6) is 0. The van der Waals surface area contributed by atoms with Crippen molar-refractivity contribution in [1.82, 2.24) is 9.97 Å². The largest absolute Gasteiger partial charge is 0.407 e. The molecule has 1 unspecified atom stereocenters. The van der Waals surface area contributed by atoms with Crippen LogP contribution in [0.25, 0.3) is 11.0 Å². The Bertz CT molecular complexity index is 475. The van der Waals surface area contributed by atoms with E-state index in [4.69, 9.17) is 5.73 Å². The molecule has 1 atom stereocenters. The number of imidazole rings is 1. The zero-order valence-corrected chi connectivity index (χ0v) is 7.55. The highest BCUT2D eigenvalue weighted by Gasteiger charge is 2.37. The lowest BCUT2D eigenvalue weighted by molar-refractivity contribution is -0.149. The van der Waals surface area contributed by atoms with Crippen molar-refractivity contribution >= 4 is 11.0 Å². The number of rotatable bonds is 1. The Kier molecular flexibility index (Phi) is 2.15. The predicted octanol–water partition coefficient (Wildman–Crippen LogP) is 2.12. The monoisotopic (exact) mass is 215 g/mol. The number of benzene rings is 1. The van der Waals surface area contributed by atoms with Crippen LogP contribution in [0.3, 0.4) is 0 Å². The molecule has 0 aliphatic rings. The summed E-state index contributed by atoms with van der Waals surface area (Å²) >= 11 is 0. The molecule has 0 fully saturated rings. The molecule has 0 spiro atoms. The molecule has 1 aromatic carbocycles. The van der Waals surface area contributed by atoms with Crippen LogP contribution < -0.4 is 5.73 Å². The molecule has 15 heavy (non-hydrogen) atoms. The van der Waals surface area contributed by atoms with Crippen LogP contribution in [0.1, 0.15) is 11.6 Å². The maximum absolute atomic E-state index is 12.3. The van der Waals surface area contributed by atoms with Crippen LogP contribution in [-0.2, 0) is 0 Å². The van der Waals surface area contributed by atoms with Crippen LogP contribution in [0.2, 0.25) is 0 Å². The highest BCUT2D eigenvalue weighted by molar-refractivity contribution is 5.75. The minimum Gasteiger partial charge on any atom is -0.345 e. The Morgan fingerprint density at radius 3 is 2.73 bits per heavy atom. The molecule has 0 bridgehead atoms. The molecule has 6 heteroatoms. The maximum atomic E-state index is 12.3. The predicted molar refractivity (Wildman–Crippen MR) is 49.1 cm³/mol. The van der Waals surface area contributed by atoms with Crippen molar-refractivity contribution in [1.29, 1.82) is 0 Å². The van der Waals surface area contributed by atoms with Crippen molar-refractivity contribution in [3.8, 4) is 0 Å². The molecule has 0 saturated heterocycles. The molecule has 2 rings (SSSR count). The minimum absolute atomic E-state index is 0.0271. The molecule has 0 saturated carbocycles. The van der Waals surface area contributed by atoms with Crippen molar-refractivity contribution < 1.29 is 13.2 Å². The quantitative estimate of drug-likeness (QED) is 0.765. The van der Waals surface area contributed by atoms with Gasteiger partial charge in [0.05, 0.1) is 17.4 Å². The summed E-state index contributed by atoms with van der Waals surface area (Å²) in [5.41, 5.74) is 6.27. The summed E-state index contributed by atoms with van der Waals surface area (Å²) in [6.07, 6.45) is -3.00. The van der Waals surface area contributed by atoms with Gasteiger partial charge in [0.25, 0.3) is 0 Å². The summed E-state index contributed by atoms with van der Waals surface area (Å²) in [5, 5.41) is 0.